The van der Waals surface area contributed by atoms with Crippen LogP contribution in [0.4, 0.5) is 4.79 Å². The summed E-state index contributed by atoms with van der Waals surface area (Å²) < 4.78 is 0. The smallest absolute Gasteiger partial charge is 0.315 e. The first-order chi connectivity index (χ1) is 6.33. The molecule has 3 N–H and O–H groups in total. The molecule has 4 nitrogen and oxygen atoms in total. The number of carbonyl (C=O) groups is 1. The molecule has 13 heavy (non-hydrogen) atoms. The maximum atomic E-state index is 11.2. The van der Waals surface area contributed by atoms with E-state index < -0.39 is 0 Å². The van der Waals surface area contributed by atoms with E-state index in [0.29, 0.717) is 12.6 Å². The molecule has 0 radical (unpaired) electrons. The Morgan fingerprint density at radius 2 is 2.08 bits per heavy atom. The molecular weight excluding hydrogens is 168 g/mol. The Bertz CT molecular complexity index is 198. The zero-order chi connectivity index (χ0) is 9.26. The van der Waals surface area contributed by atoms with Crippen LogP contribution in [-0.2, 0) is 0 Å². The van der Waals surface area contributed by atoms with Gasteiger partial charge in [-0.05, 0) is 24.7 Å². The summed E-state index contributed by atoms with van der Waals surface area (Å²) in [5.74, 6) is 1.50. The second kappa shape index (κ2) is 3.54. The first-order valence-corrected chi connectivity index (χ1v) is 4.98. The highest BCUT2D eigenvalue weighted by molar-refractivity contribution is 5.74. The van der Waals surface area contributed by atoms with Crippen molar-refractivity contribution in [2.45, 2.75) is 25.3 Å². The van der Waals surface area contributed by atoms with Crippen molar-refractivity contribution in [3.8, 4) is 0 Å². The monoisotopic (exact) mass is 184 g/mol. The maximum Gasteiger partial charge on any atom is 0.315 e. The van der Waals surface area contributed by atoms with Crippen LogP contribution in [0.25, 0.3) is 0 Å². The van der Waals surface area contributed by atoms with Gasteiger partial charge in [0.1, 0.15) is 0 Å². The first-order valence-electron chi connectivity index (χ1n) is 4.98. The molecule has 0 aromatic carbocycles. The zero-order valence-electron chi connectivity index (χ0n) is 7.62. The van der Waals surface area contributed by atoms with Crippen molar-refractivity contribution in [2.24, 2.45) is 11.8 Å². The van der Waals surface area contributed by atoms with Gasteiger partial charge in [0.2, 0.25) is 0 Å². The van der Waals surface area contributed by atoms with E-state index in [2.05, 4.69) is 10.6 Å². The summed E-state index contributed by atoms with van der Waals surface area (Å²) >= 11 is 0. The molecular formula is C9H16N2O2. The largest absolute Gasteiger partial charge is 0.395 e. The van der Waals surface area contributed by atoms with Crippen molar-refractivity contribution >= 4 is 6.03 Å². The van der Waals surface area contributed by atoms with E-state index in [1.54, 1.807) is 0 Å². The topological polar surface area (TPSA) is 61.4 Å². The second-order valence-electron chi connectivity index (χ2n) is 3.91. The summed E-state index contributed by atoms with van der Waals surface area (Å²) in [5, 5.41) is 14.0. The molecule has 0 aliphatic heterocycles. The minimum atomic E-state index is -0.131. The third-order valence-corrected chi connectivity index (χ3v) is 3.10. The lowest BCUT2D eigenvalue weighted by molar-refractivity contribution is 0.232. The Labute approximate surface area is 77.7 Å². The average molecular weight is 184 g/mol. The molecule has 2 rings (SSSR count). The van der Waals surface area contributed by atoms with Crippen LogP contribution in [0.3, 0.4) is 0 Å². The molecule has 0 aromatic rings. The van der Waals surface area contributed by atoms with Crippen LogP contribution in [0.5, 0.6) is 0 Å². The number of amides is 2. The molecule has 0 aromatic heterocycles. The van der Waals surface area contributed by atoms with Crippen LogP contribution in [0.1, 0.15) is 19.3 Å². The Morgan fingerprint density at radius 3 is 2.69 bits per heavy atom. The van der Waals surface area contributed by atoms with Gasteiger partial charge in [-0.25, -0.2) is 4.79 Å². The van der Waals surface area contributed by atoms with E-state index in [0.717, 1.165) is 11.8 Å². The van der Waals surface area contributed by atoms with Crippen molar-refractivity contribution < 1.29 is 9.90 Å². The molecule has 2 fully saturated rings. The fraction of sp³-hybridized carbons (Fsp3) is 0.889. The molecule has 0 saturated heterocycles. The Hall–Kier alpha value is -0.770. The van der Waals surface area contributed by atoms with Gasteiger partial charge >= 0.3 is 6.03 Å². The number of fused-ring (bicyclic) bond motifs is 1. The van der Waals surface area contributed by atoms with E-state index in [1.165, 1.54) is 19.3 Å². The summed E-state index contributed by atoms with van der Waals surface area (Å²) in [6, 6.07) is 0.292. The quantitative estimate of drug-likeness (QED) is 0.581. The Kier molecular flexibility index (Phi) is 2.40. The van der Waals surface area contributed by atoms with Gasteiger partial charge in [0.05, 0.1) is 6.61 Å². The van der Waals surface area contributed by atoms with Gasteiger partial charge in [0.15, 0.2) is 0 Å². The molecule has 2 aliphatic rings. The van der Waals surface area contributed by atoms with Crippen molar-refractivity contribution in [2.75, 3.05) is 13.2 Å². The lowest BCUT2D eigenvalue weighted by Gasteiger charge is -2.07. The van der Waals surface area contributed by atoms with Crippen LogP contribution >= 0.6 is 0 Å². The molecule has 2 unspecified atom stereocenters. The number of rotatable bonds is 3. The van der Waals surface area contributed by atoms with Crippen molar-refractivity contribution in [3.05, 3.63) is 0 Å². The molecule has 2 aliphatic carbocycles. The van der Waals surface area contributed by atoms with Crippen LogP contribution < -0.4 is 10.6 Å². The molecule has 2 amide bonds. The number of urea groups is 1. The normalized spacial score (nSPS) is 35.3. The number of hydrogen-bond acceptors (Lipinski definition) is 2. The molecule has 0 spiro atoms. The van der Waals surface area contributed by atoms with E-state index >= 15 is 0 Å². The highest BCUT2D eigenvalue weighted by Gasteiger charge is 2.53. The fourth-order valence-corrected chi connectivity index (χ4v) is 2.41. The predicted molar refractivity (Wildman–Crippen MR) is 48.2 cm³/mol. The number of aliphatic hydroxyl groups excluding tert-OH is 1. The van der Waals surface area contributed by atoms with Gasteiger partial charge in [0.25, 0.3) is 0 Å². The predicted octanol–water partition coefficient (Wildman–Crippen LogP) is 0.0764. The van der Waals surface area contributed by atoms with E-state index in [1.807, 2.05) is 0 Å². The minimum absolute atomic E-state index is 0.00490. The van der Waals surface area contributed by atoms with Crippen LogP contribution in [0.2, 0.25) is 0 Å². The molecule has 2 saturated carbocycles. The minimum Gasteiger partial charge on any atom is -0.395 e. The number of hydrogen-bond donors (Lipinski definition) is 3. The first kappa shape index (κ1) is 8.81. The summed E-state index contributed by atoms with van der Waals surface area (Å²) in [7, 11) is 0. The SMILES string of the molecule is O=C(NCCO)NC1C2CCCC21. The third kappa shape index (κ3) is 1.77. The maximum absolute atomic E-state index is 11.2. The van der Waals surface area contributed by atoms with Crippen LogP contribution in [-0.4, -0.2) is 30.3 Å². The van der Waals surface area contributed by atoms with Gasteiger partial charge in [0, 0.05) is 12.6 Å². The van der Waals surface area contributed by atoms with E-state index in [-0.39, 0.29) is 12.6 Å². The standard InChI is InChI=1S/C9H16N2O2/c12-5-4-10-9(13)11-8-6-2-1-3-7(6)8/h6-8,12H,1-5H2,(H2,10,11,13). The van der Waals surface area contributed by atoms with Crippen molar-refractivity contribution in [1.29, 1.82) is 0 Å². The highest BCUT2D eigenvalue weighted by atomic mass is 16.3. The summed E-state index contributed by atoms with van der Waals surface area (Å²) in [5.41, 5.74) is 0. The average Bonchev–Trinajstić information content (AvgIpc) is 2.63. The lowest BCUT2D eigenvalue weighted by atomic mass is 10.2. The van der Waals surface area contributed by atoms with Crippen LogP contribution in [0, 0.1) is 11.8 Å². The van der Waals surface area contributed by atoms with Gasteiger partial charge in [-0.1, -0.05) is 6.42 Å². The third-order valence-electron chi connectivity index (χ3n) is 3.10. The summed E-state index contributed by atoms with van der Waals surface area (Å²) in [6.07, 6.45) is 3.87. The van der Waals surface area contributed by atoms with Crippen LogP contribution in [0.15, 0.2) is 0 Å². The molecule has 2 atom stereocenters. The number of nitrogens with one attached hydrogen (secondary N) is 2. The Balaban J connectivity index is 1.65. The summed E-state index contributed by atoms with van der Waals surface area (Å²) in [4.78, 5) is 11.2. The molecule has 74 valence electrons. The van der Waals surface area contributed by atoms with E-state index in [9.17, 15) is 4.79 Å². The molecule has 0 heterocycles. The van der Waals surface area contributed by atoms with Gasteiger partial charge in [-0.3, -0.25) is 0 Å². The zero-order valence-corrected chi connectivity index (χ0v) is 7.62. The van der Waals surface area contributed by atoms with E-state index in [4.69, 9.17) is 5.11 Å². The number of carbonyl (C=O) groups excluding carboxylic acids is 1. The highest BCUT2D eigenvalue weighted by Crippen LogP contribution is 2.51. The molecule has 4 heteroatoms. The lowest BCUT2D eigenvalue weighted by Crippen LogP contribution is -2.39. The fourth-order valence-electron chi connectivity index (χ4n) is 2.41. The van der Waals surface area contributed by atoms with Gasteiger partial charge in [-0.15, -0.1) is 0 Å². The van der Waals surface area contributed by atoms with Gasteiger partial charge < -0.3 is 15.7 Å². The molecule has 0 bridgehead atoms. The van der Waals surface area contributed by atoms with Gasteiger partial charge in [-0.2, -0.15) is 0 Å². The summed E-state index contributed by atoms with van der Waals surface area (Å²) in [6.45, 7) is 0.346. The second-order valence-corrected chi connectivity index (χ2v) is 3.91. The Morgan fingerprint density at radius 1 is 1.38 bits per heavy atom. The van der Waals surface area contributed by atoms with Crippen molar-refractivity contribution in [3.63, 3.8) is 0 Å². The number of aliphatic hydroxyl groups is 1. The van der Waals surface area contributed by atoms with Crippen molar-refractivity contribution in [1.82, 2.24) is 10.6 Å².